The number of hydrogen-bond acceptors (Lipinski definition) is 5. The van der Waals surface area contributed by atoms with Gasteiger partial charge < -0.3 is 0 Å². The van der Waals surface area contributed by atoms with Gasteiger partial charge in [-0.05, 0) is 18.2 Å². The standard InChI is InChI=1S/C13H10N2O7S2/c16-13-4-5-14-15(13)8-6-10-9(12(7-8)24(20,21)22)2-1-3-11(10)23(17,18)19/h1-7,14H,(H,17,18,19)(H,20,21,22). The zero-order valence-corrected chi connectivity index (χ0v) is 13.4. The molecular weight excluding hydrogens is 360 g/mol. The van der Waals surface area contributed by atoms with Gasteiger partial charge in [0.2, 0.25) is 0 Å². The van der Waals surface area contributed by atoms with Crippen LogP contribution in [-0.2, 0) is 20.2 Å². The number of benzene rings is 2. The molecule has 0 saturated heterocycles. The van der Waals surface area contributed by atoms with E-state index in [0.29, 0.717) is 0 Å². The number of hydrogen-bond donors (Lipinski definition) is 3. The molecule has 0 spiro atoms. The van der Waals surface area contributed by atoms with Gasteiger partial charge in [0.05, 0.1) is 5.69 Å². The smallest absolute Gasteiger partial charge is 0.295 e. The van der Waals surface area contributed by atoms with Crippen LogP contribution < -0.4 is 5.56 Å². The number of aromatic nitrogens is 2. The fourth-order valence-corrected chi connectivity index (χ4v) is 3.82. The number of fused-ring (bicyclic) bond motifs is 1. The minimum Gasteiger partial charge on any atom is -0.298 e. The Hall–Kier alpha value is -2.47. The first-order valence-electron chi connectivity index (χ1n) is 6.37. The van der Waals surface area contributed by atoms with E-state index in [1.807, 2.05) is 0 Å². The van der Waals surface area contributed by atoms with E-state index in [4.69, 9.17) is 0 Å². The van der Waals surface area contributed by atoms with Crippen LogP contribution in [0.25, 0.3) is 16.5 Å². The molecule has 0 aliphatic carbocycles. The molecule has 0 amide bonds. The number of nitrogens with zero attached hydrogens (tertiary/aromatic N) is 1. The normalized spacial score (nSPS) is 12.6. The molecule has 3 aromatic rings. The molecule has 0 bridgehead atoms. The van der Waals surface area contributed by atoms with Crippen molar-refractivity contribution in [3.63, 3.8) is 0 Å². The SMILES string of the molecule is O=c1cc[nH]n1-c1cc(S(=O)(=O)O)c2cccc(S(=O)(=O)O)c2c1. The highest BCUT2D eigenvalue weighted by atomic mass is 32.2. The molecule has 0 radical (unpaired) electrons. The highest BCUT2D eigenvalue weighted by molar-refractivity contribution is 7.86. The van der Waals surface area contributed by atoms with Crippen molar-refractivity contribution in [1.82, 2.24) is 9.78 Å². The second-order valence-electron chi connectivity index (χ2n) is 4.88. The minimum atomic E-state index is -4.72. The molecule has 9 nitrogen and oxygen atoms in total. The van der Waals surface area contributed by atoms with Crippen molar-refractivity contribution in [2.24, 2.45) is 0 Å². The van der Waals surface area contributed by atoms with Crippen LogP contribution in [0.2, 0.25) is 0 Å². The van der Waals surface area contributed by atoms with Crippen molar-refractivity contribution >= 4 is 31.0 Å². The third-order valence-corrected chi connectivity index (χ3v) is 5.17. The Balaban J connectivity index is 2.55. The highest BCUT2D eigenvalue weighted by Crippen LogP contribution is 2.30. The van der Waals surface area contributed by atoms with Crippen LogP contribution in [0.3, 0.4) is 0 Å². The van der Waals surface area contributed by atoms with E-state index in [9.17, 15) is 30.7 Å². The quantitative estimate of drug-likeness (QED) is 0.578. The molecule has 0 saturated carbocycles. The van der Waals surface area contributed by atoms with E-state index in [1.54, 1.807) is 0 Å². The second kappa shape index (κ2) is 5.27. The zero-order valence-electron chi connectivity index (χ0n) is 11.7. The number of H-pyrrole nitrogens is 1. The van der Waals surface area contributed by atoms with E-state index in [1.165, 1.54) is 30.5 Å². The monoisotopic (exact) mass is 370 g/mol. The van der Waals surface area contributed by atoms with Gasteiger partial charge >= 0.3 is 0 Å². The highest BCUT2D eigenvalue weighted by Gasteiger charge is 2.21. The van der Waals surface area contributed by atoms with Crippen LogP contribution in [0.15, 0.2) is 57.2 Å². The maximum Gasteiger partial charge on any atom is 0.295 e. The van der Waals surface area contributed by atoms with Crippen LogP contribution in [0.1, 0.15) is 0 Å². The van der Waals surface area contributed by atoms with Crippen LogP contribution in [0.4, 0.5) is 0 Å². The summed E-state index contributed by atoms with van der Waals surface area (Å²) in [5.74, 6) is 0. The van der Waals surface area contributed by atoms with E-state index >= 15 is 0 Å². The third kappa shape index (κ3) is 2.73. The van der Waals surface area contributed by atoms with E-state index in [0.717, 1.165) is 16.8 Å². The fraction of sp³-hybridized carbons (Fsp3) is 0. The summed E-state index contributed by atoms with van der Waals surface area (Å²) in [5, 5.41) is 2.26. The lowest BCUT2D eigenvalue weighted by Gasteiger charge is -2.11. The Morgan fingerprint density at radius 1 is 0.875 bits per heavy atom. The van der Waals surface area contributed by atoms with Gasteiger partial charge in [0.25, 0.3) is 25.8 Å². The topological polar surface area (TPSA) is 147 Å². The molecule has 126 valence electrons. The number of rotatable bonds is 3. The van der Waals surface area contributed by atoms with Gasteiger partial charge in [-0.15, -0.1) is 0 Å². The van der Waals surface area contributed by atoms with Crippen molar-refractivity contribution in [1.29, 1.82) is 0 Å². The Bertz CT molecular complexity index is 1220. The summed E-state index contributed by atoms with van der Waals surface area (Å²) in [7, 11) is -9.39. The van der Waals surface area contributed by atoms with Gasteiger partial charge in [0.15, 0.2) is 0 Å². The Morgan fingerprint density at radius 2 is 1.54 bits per heavy atom. The van der Waals surface area contributed by atoms with Gasteiger partial charge in [-0.25, -0.2) is 4.68 Å². The minimum absolute atomic E-state index is 0.0266. The Morgan fingerprint density at radius 3 is 2.08 bits per heavy atom. The molecule has 2 aromatic carbocycles. The fourth-order valence-electron chi connectivity index (χ4n) is 2.40. The summed E-state index contributed by atoms with van der Waals surface area (Å²) in [5.41, 5.74) is -0.554. The summed E-state index contributed by atoms with van der Waals surface area (Å²) < 4.78 is 66.1. The lowest BCUT2D eigenvalue weighted by Crippen LogP contribution is -2.14. The van der Waals surface area contributed by atoms with Crippen molar-refractivity contribution in [3.8, 4) is 5.69 Å². The van der Waals surface area contributed by atoms with Crippen LogP contribution >= 0.6 is 0 Å². The van der Waals surface area contributed by atoms with Crippen molar-refractivity contribution in [3.05, 3.63) is 52.9 Å². The molecule has 3 N–H and O–H groups in total. The van der Waals surface area contributed by atoms with Crippen molar-refractivity contribution in [2.75, 3.05) is 0 Å². The Labute approximate surface area is 135 Å². The molecule has 0 unspecified atom stereocenters. The lowest BCUT2D eigenvalue weighted by atomic mass is 10.1. The molecule has 0 aliphatic heterocycles. The van der Waals surface area contributed by atoms with Gasteiger partial charge in [0, 0.05) is 23.0 Å². The lowest BCUT2D eigenvalue weighted by molar-refractivity contribution is 0.481. The molecule has 11 heteroatoms. The number of nitrogens with one attached hydrogen (secondary N) is 1. The summed E-state index contributed by atoms with van der Waals surface area (Å²) in [6.45, 7) is 0. The molecule has 0 fully saturated rings. The predicted molar refractivity (Wildman–Crippen MR) is 83.5 cm³/mol. The zero-order chi connectivity index (χ0) is 17.7. The molecule has 1 aromatic heterocycles. The van der Waals surface area contributed by atoms with Crippen molar-refractivity contribution in [2.45, 2.75) is 9.79 Å². The van der Waals surface area contributed by atoms with E-state index < -0.39 is 35.6 Å². The largest absolute Gasteiger partial charge is 0.298 e. The number of aromatic amines is 1. The molecule has 0 aliphatic rings. The second-order valence-corrected chi connectivity index (χ2v) is 7.66. The Kier molecular flexibility index (Phi) is 3.60. The van der Waals surface area contributed by atoms with Gasteiger partial charge in [-0.1, -0.05) is 12.1 Å². The van der Waals surface area contributed by atoms with Crippen LogP contribution in [0.5, 0.6) is 0 Å². The van der Waals surface area contributed by atoms with Gasteiger partial charge in [-0.2, -0.15) is 16.8 Å². The predicted octanol–water partition coefficient (Wildman–Crippen LogP) is 0.812. The molecular formula is C13H10N2O7S2. The average Bonchev–Trinajstić information content (AvgIpc) is 2.89. The first kappa shape index (κ1) is 16.4. The maximum atomic E-state index is 11.8. The van der Waals surface area contributed by atoms with Crippen molar-refractivity contribution < 1.29 is 25.9 Å². The molecule has 1 heterocycles. The summed E-state index contributed by atoms with van der Waals surface area (Å²) >= 11 is 0. The molecule has 3 rings (SSSR count). The summed E-state index contributed by atoms with van der Waals surface area (Å²) in [4.78, 5) is 10.6. The van der Waals surface area contributed by atoms with Gasteiger partial charge in [0.1, 0.15) is 9.79 Å². The maximum absolute atomic E-state index is 11.8. The van der Waals surface area contributed by atoms with E-state index in [-0.39, 0.29) is 16.5 Å². The van der Waals surface area contributed by atoms with Crippen LogP contribution in [0, 0.1) is 0 Å². The van der Waals surface area contributed by atoms with Gasteiger partial charge in [-0.3, -0.25) is 19.0 Å². The van der Waals surface area contributed by atoms with Crippen LogP contribution in [-0.4, -0.2) is 35.7 Å². The third-order valence-electron chi connectivity index (χ3n) is 3.37. The first-order chi connectivity index (χ1) is 11.1. The summed E-state index contributed by atoms with van der Waals surface area (Å²) in [6, 6.07) is 6.97. The average molecular weight is 370 g/mol. The summed E-state index contributed by atoms with van der Waals surface area (Å²) in [6.07, 6.45) is 1.30. The first-order valence-corrected chi connectivity index (χ1v) is 9.25. The molecule has 24 heavy (non-hydrogen) atoms. The van der Waals surface area contributed by atoms with E-state index in [2.05, 4.69) is 5.10 Å². The molecule has 0 atom stereocenters.